The van der Waals surface area contributed by atoms with E-state index in [-0.39, 0.29) is 6.61 Å². The Kier molecular flexibility index (Phi) is 6.51. The van der Waals surface area contributed by atoms with Gasteiger partial charge in [0.2, 0.25) is 0 Å². The Morgan fingerprint density at radius 1 is 0.963 bits per heavy atom. The molecule has 2 aromatic carbocycles. The van der Waals surface area contributed by atoms with Crippen molar-refractivity contribution in [3.63, 3.8) is 0 Å². The van der Waals surface area contributed by atoms with E-state index in [0.29, 0.717) is 0 Å². The summed E-state index contributed by atoms with van der Waals surface area (Å²) >= 11 is 0. The van der Waals surface area contributed by atoms with Gasteiger partial charge in [-0.3, -0.25) is 0 Å². The van der Waals surface area contributed by atoms with E-state index in [0.717, 1.165) is 55.9 Å². The van der Waals surface area contributed by atoms with Crippen molar-refractivity contribution < 1.29 is 9.84 Å². The number of aliphatic hydroxyl groups is 1. The van der Waals surface area contributed by atoms with Gasteiger partial charge in [-0.05, 0) is 74.9 Å². The van der Waals surface area contributed by atoms with E-state index in [1.165, 1.54) is 22.2 Å². The molecule has 0 radical (unpaired) electrons. The van der Waals surface area contributed by atoms with Gasteiger partial charge >= 0.3 is 0 Å². The summed E-state index contributed by atoms with van der Waals surface area (Å²) in [6.45, 7) is 8.20. The first-order valence-electron chi connectivity index (χ1n) is 9.86. The maximum atomic E-state index is 9.20. The second-order valence-corrected chi connectivity index (χ2v) is 7.25. The number of hydrogen-bond donors (Lipinski definition) is 1. The van der Waals surface area contributed by atoms with Crippen LogP contribution in [0.5, 0.6) is 5.75 Å². The molecule has 27 heavy (non-hydrogen) atoms. The molecule has 0 spiro atoms. The molecule has 0 aliphatic heterocycles. The van der Waals surface area contributed by atoms with E-state index in [1.807, 2.05) is 18.2 Å². The Morgan fingerprint density at radius 3 is 2.52 bits per heavy atom. The largest absolute Gasteiger partial charge is 0.493 e. The standard InChI is InChI=1S/C23H30N2O2/c1-17-9-4-5-10-22(17)27-14-7-6-12-25-21-16-19(3)18(2)15-20(21)24-23(25)11-8-13-26/h4-5,9-10,15-16,26H,6-8,11-14H2,1-3H3. The van der Waals surface area contributed by atoms with Crippen molar-refractivity contribution in [2.75, 3.05) is 13.2 Å². The molecule has 4 nitrogen and oxygen atoms in total. The van der Waals surface area contributed by atoms with Gasteiger partial charge in [0.15, 0.2) is 0 Å². The molecule has 0 bridgehead atoms. The van der Waals surface area contributed by atoms with Gasteiger partial charge in [0.05, 0.1) is 17.6 Å². The monoisotopic (exact) mass is 366 g/mol. The maximum absolute atomic E-state index is 9.20. The van der Waals surface area contributed by atoms with E-state index < -0.39 is 0 Å². The predicted octanol–water partition coefficient (Wildman–Crippen LogP) is 4.75. The van der Waals surface area contributed by atoms with Crippen molar-refractivity contribution in [1.82, 2.24) is 9.55 Å². The number of fused-ring (bicyclic) bond motifs is 1. The summed E-state index contributed by atoms with van der Waals surface area (Å²) in [7, 11) is 0. The molecule has 144 valence electrons. The lowest BCUT2D eigenvalue weighted by Gasteiger charge is -2.11. The van der Waals surface area contributed by atoms with Gasteiger partial charge in [-0.15, -0.1) is 0 Å². The van der Waals surface area contributed by atoms with Crippen molar-refractivity contribution in [3.05, 3.63) is 58.9 Å². The first kappa shape index (κ1) is 19.4. The van der Waals surface area contributed by atoms with E-state index in [4.69, 9.17) is 9.72 Å². The third kappa shape index (κ3) is 4.69. The first-order chi connectivity index (χ1) is 13.1. The number of aliphatic hydroxyl groups excluding tert-OH is 1. The van der Waals surface area contributed by atoms with Gasteiger partial charge < -0.3 is 14.4 Å². The fourth-order valence-corrected chi connectivity index (χ4v) is 3.38. The summed E-state index contributed by atoms with van der Waals surface area (Å²) < 4.78 is 8.24. The molecule has 0 saturated carbocycles. The van der Waals surface area contributed by atoms with Crippen LogP contribution in [0.25, 0.3) is 11.0 Å². The summed E-state index contributed by atoms with van der Waals surface area (Å²) in [5.74, 6) is 2.05. The van der Waals surface area contributed by atoms with Crippen LogP contribution >= 0.6 is 0 Å². The van der Waals surface area contributed by atoms with Gasteiger partial charge in [-0.2, -0.15) is 0 Å². The lowest BCUT2D eigenvalue weighted by molar-refractivity contribution is 0.286. The molecule has 3 rings (SSSR count). The van der Waals surface area contributed by atoms with Crippen LogP contribution in [0.2, 0.25) is 0 Å². The first-order valence-corrected chi connectivity index (χ1v) is 9.86. The highest BCUT2D eigenvalue weighted by Gasteiger charge is 2.12. The average molecular weight is 367 g/mol. The number of para-hydroxylation sites is 1. The fourth-order valence-electron chi connectivity index (χ4n) is 3.38. The number of aromatic nitrogens is 2. The molecule has 0 unspecified atom stereocenters. The number of rotatable bonds is 9. The fraction of sp³-hybridized carbons (Fsp3) is 0.435. The smallest absolute Gasteiger partial charge is 0.122 e. The number of hydrogen-bond acceptors (Lipinski definition) is 3. The maximum Gasteiger partial charge on any atom is 0.122 e. The van der Waals surface area contributed by atoms with Gasteiger partial charge in [0.25, 0.3) is 0 Å². The summed E-state index contributed by atoms with van der Waals surface area (Å²) in [5.41, 5.74) is 6.00. The lowest BCUT2D eigenvalue weighted by Crippen LogP contribution is -2.07. The number of imidazole rings is 1. The Morgan fingerprint density at radius 2 is 1.74 bits per heavy atom. The number of benzene rings is 2. The van der Waals surface area contributed by atoms with Crippen LogP contribution in [0.1, 0.15) is 41.8 Å². The summed E-state index contributed by atoms with van der Waals surface area (Å²) in [4.78, 5) is 4.83. The van der Waals surface area contributed by atoms with Crippen molar-refractivity contribution >= 4 is 11.0 Å². The van der Waals surface area contributed by atoms with E-state index in [1.54, 1.807) is 0 Å². The highest BCUT2D eigenvalue weighted by molar-refractivity contribution is 5.78. The number of unbranched alkanes of at least 4 members (excludes halogenated alkanes) is 1. The normalized spacial score (nSPS) is 11.3. The summed E-state index contributed by atoms with van der Waals surface area (Å²) in [6, 6.07) is 12.6. The Balaban J connectivity index is 1.65. The molecule has 0 saturated heterocycles. The van der Waals surface area contributed by atoms with Crippen LogP contribution < -0.4 is 4.74 Å². The van der Waals surface area contributed by atoms with Gasteiger partial charge in [0, 0.05) is 19.6 Å². The average Bonchev–Trinajstić information content (AvgIpc) is 2.98. The zero-order chi connectivity index (χ0) is 19.2. The highest BCUT2D eigenvalue weighted by Crippen LogP contribution is 2.22. The third-order valence-corrected chi connectivity index (χ3v) is 5.13. The molecule has 1 heterocycles. The minimum atomic E-state index is 0.200. The van der Waals surface area contributed by atoms with Crippen LogP contribution in [-0.4, -0.2) is 27.9 Å². The van der Waals surface area contributed by atoms with Crippen LogP contribution in [0.3, 0.4) is 0 Å². The quantitative estimate of drug-likeness (QED) is 0.556. The summed E-state index contributed by atoms with van der Waals surface area (Å²) in [6.07, 6.45) is 3.59. The molecule has 0 aliphatic rings. The third-order valence-electron chi connectivity index (χ3n) is 5.13. The van der Waals surface area contributed by atoms with E-state index >= 15 is 0 Å². The Hall–Kier alpha value is -2.33. The predicted molar refractivity (Wildman–Crippen MR) is 111 cm³/mol. The molecule has 0 atom stereocenters. The molecular formula is C23H30N2O2. The minimum absolute atomic E-state index is 0.200. The lowest BCUT2D eigenvalue weighted by atomic mass is 10.1. The molecule has 3 aromatic rings. The molecule has 1 N–H and O–H groups in total. The van der Waals surface area contributed by atoms with Crippen molar-refractivity contribution in [2.24, 2.45) is 0 Å². The molecule has 0 fully saturated rings. The van der Waals surface area contributed by atoms with Crippen molar-refractivity contribution in [2.45, 2.75) is 53.0 Å². The SMILES string of the molecule is Cc1cc2nc(CCCO)n(CCCCOc3ccccc3C)c2cc1C. The van der Waals surface area contributed by atoms with Crippen LogP contribution in [-0.2, 0) is 13.0 Å². The molecule has 0 aliphatic carbocycles. The second-order valence-electron chi connectivity index (χ2n) is 7.25. The van der Waals surface area contributed by atoms with Crippen LogP contribution in [0.4, 0.5) is 0 Å². The van der Waals surface area contributed by atoms with Crippen molar-refractivity contribution in [3.8, 4) is 5.75 Å². The highest BCUT2D eigenvalue weighted by atomic mass is 16.5. The van der Waals surface area contributed by atoms with Gasteiger partial charge in [-0.25, -0.2) is 4.98 Å². The van der Waals surface area contributed by atoms with Crippen molar-refractivity contribution in [1.29, 1.82) is 0 Å². The van der Waals surface area contributed by atoms with E-state index in [9.17, 15) is 5.11 Å². The number of aryl methyl sites for hydroxylation is 5. The Labute approximate surface area is 161 Å². The Bertz CT molecular complexity index is 899. The molecular weight excluding hydrogens is 336 g/mol. The molecule has 0 amide bonds. The van der Waals surface area contributed by atoms with Crippen LogP contribution in [0, 0.1) is 20.8 Å². The topological polar surface area (TPSA) is 47.3 Å². The summed E-state index contributed by atoms with van der Waals surface area (Å²) in [5, 5.41) is 9.20. The number of nitrogens with zero attached hydrogens (tertiary/aromatic N) is 2. The van der Waals surface area contributed by atoms with E-state index in [2.05, 4.69) is 43.5 Å². The second kappa shape index (κ2) is 9.05. The minimum Gasteiger partial charge on any atom is -0.493 e. The zero-order valence-electron chi connectivity index (χ0n) is 16.7. The van der Waals surface area contributed by atoms with Gasteiger partial charge in [-0.1, -0.05) is 18.2 Å². The van der Waals surface area contributed by atoms with Crippen LogP contribution in [0.15, 0.2) is 36.4 Å². The molecule has 1 aromatic heterocycles. The zero-order valence-corrected chi connectivity index (χ0v) is 16.7. The molecule has 4 heteroatoms. The number of ether oxygens (including phenoxy) is 1. The van der Waals surface area contributed by atoms with Gasteiger partial charge in [0.1, 0.15) is 11.6 Å².